The van der Waals surface area contributed by atoms with Gasteiger partial charge < -0.3 is 15.2 Å². The van der Waals surface area contributed by atoms with Gasteiger partial charge in [0.25, 0.3) is 5.91 Å². The third-order valence-electron chi connectivity index (χ3n) is 6.09. The predicted molar refractivity (Wildman–Crippen MR) is 101 cm³/mol. The fraction of sp³-hybridized carbons (Fsp3) is 0.632. The van der Waals surface area contributed by atoms with Crippen molar-refractivity contribution in [3.63, 3.8) is 0 Å². The van der Waals surface area contributed by atoms with Crippen molar-refractivity contribution in [1.82, 2.24) is 0 Å². The SMILES string of the molecule is CCC1(C(=O)Nc2cc(Cl)c(C)c(Cl)c2O)OC12CCC(C)CC2C. The maximum atomic E-state index is 13.1. The molecule has 0 bridgehead atoms. The highest BCUT2D eigenvalue weighted by Gasteiger charge is 2.75. The molecule has 2 N–H and O–H groups in total. The molecule has 1 heterocycles. The number of hydrogen-bond donors (Lipinski definition) is 2. The molecule has 2 fully saturated rings. The van der Waals surface area contributed by atoms with Crippen molar-refractivity contribution in [1.29, 1.82) is 0 Å². The van der Waals surface area contributed by atoms with Gasteiger partial charge >= 0.3 is 0 Å². The van der Waals surface area contributed by atoms with Gasteiger partial charge in [-0.05, 0) is 56.1 Å². The standard InChI is InChI=1S/C19H25Cl2NO3/c1-5-18(19(25-18)7-6-10(2)8-11(19)3)17(24)22-14-9-13(20)12(4)15(21)16(14)23/h9-11,23H,5-8H2,1-4H3,(H,22,24). The highest BCUT2D eigenvalue weighted by atomic mass is 35.5. The van der Waals surface area contributed by atoms with Crippen molar-refractivity contribution in [2.45, 2.75) is 64.6 Å². The molecule has 138 valence electrons. The number of amides is 1. The fourth-order valence-electron chi connectivity index (χ4n) is 4.45. The summed E-state index contributed by atoms with van der Waals surface area (Å²) in [5.41, 5.74) is -0.436. The molecule has 0 radical (unpaired) electrons. The van der Waals surface area contributed by atoms with E-state index in [9.17, 15) is 9.90 Å². The molecule has 4 unspecified atom stereocenters. The number of nitrogens with one attached hydrogen (secondary N) is 1. The summed E-state index contributed by atoms with van der Waals surface area (Å²) in [6.45, 7) is 8.09. The lowest BCUT2D eigenvalue weighted by molar-refractivity contribution is -0.121. The predicted octanol–water partition coefficient (Wildman–Crippen LogP) is 5.32. The number of carbonyl (C=O) groups is 1. The Morgan fingerprint density at radius 3 is 2.72 bits per heavy atom. The molecule has 25 heavy (non-hydrogen) atoms. The van der Waals surface area contributed by atoms with E-state index in [1.165, 1.54) is 6.07 Å². The Kier molecular flexibility index (Phi) is 4.76. The molecule has 1 aromatic carbocycles. The molecular weight excluding hydrogens is 361 g/mol. The molecule has 6 heteroatoms. The van der Waals surface area contributed by atoms with Gasteiger partial charge in [-0.2, -0.15) is 0 Å². The number of carbonyl (C=O) groups excluding carboxylic acids is 1. The Hall–Kier alpha value is -0.970. The van der Waals surface area contributed by atoms with Crippen molar-refractivity contribution in [3.05, 3.63) is 21.7 Å². The summed E-state index contributed by atoms with van der Waals surface area (Å²) in [7, 11) is 0. The summed E-state index contributed by atoms with van der Waals surface area (Å²) in [4.78, 5) is 13.1. The van der Waals surface area contributed by atoms with Gasteiger partial charge in [-0.25, -0.2) is 0 Å². The van der Waals surface area contributed by atoms with Crippen LogP contribution in [0, 0.1) is 18.8 Å². The van der Waals surface area contributed by atoms with Gasteiger partial charge in [0.1, 0.15) is 5.60 Å². The molecule has 1 spiro atoms. The lowest BCUT2D eigenvalue weighted by Crippen LogP contribution is -2.43. The van der Waals surface area contributed by atoms with Crippen LogP contribution in [0.1, 0.15) is 52.0 Å². The monoisotopic (exact) mass is 385 g/mol. The van der Waals surface area contributed by atoms with E-state index >= 15 is 0 Å². The van der Waals surface area contributed by atoms with Crippen LogP contribution in [0.25, 0.3) is 0 Å². The lowest BCUT2D eigenvalue weighted by Gasteiger charge is -2.32. The summed E-state index contributed by atoms with van der Waals surface area (Å²) in [5.74, 6) is 0.577. The van der Waals surface area contributed by atoms with Gasteiger partial charge in [-0.15, -0.1) is 0 Å². The first kappa shape index (κ1) is 18.8. The normalized spacial score (nSPS) is 34.2. The number of aromatic hydroxyl groups is 1. The fourth-order valence-corrected chi connectivity index (χ4v) is 4.90. The first-order chi connectivity index (χ1) is 11.7. The number of phenolic OH excluding ortho intramolecular Hbond substituents is 1. The second-order valence-electron chi connectivity index (χ2n) is 7.60. The number of ether oxygens (including phenoxy) is 1. The Morgan fingerprint density at radius 2 is 2.12 bits per heavy atom. The van der Waals surface area contributed by atoms with Crippen molar-refractivity contribution in [3.8, 4) is 5.75 Å². The number of anilines is 1. The smallest absolute Gasteiger partial charge is 0.259 e. The number of halogens is 2. The first-order valence-electron chi connectivity index (χ1n) is 8.87. The average Bonchev–Trinajstić information content (AvgIpc) is 3.25. The summed E-state index contributed by atoms with van der Waals surface area (Å²) < 4.78 is 6.14. The van der Waals surface area contributed by atoms with E-state index in [1.54, 1.807) is 6.92 Å². The number of benzene rings is 1. The third-order valence-corrected chi connectivity index (χ3v) is 6.95. The van der Waals surface area contributed by atoms with Crippen molar-refractivity contribution in [2.75, 3.05) is 5.32 Å². The molecule has 1 aromatic rings. The van der Waals surface area contributed by atoms with Gasteiger partial charge in [0.2, 0.25) is 0 Å². The van der Waals surface area contributed by atoms with Gasteiger partial charge in [0, 0.05) is 5.02 Å². The molecule has 1 aliphatic heterocycles. The largest absolute Gasteiger partial charge is 0.504 e. The minimum Gasteiger partial charge on any atom is -0.504 e. The lowest BCUT2D eigenvalue weighted by atomic mass is 9.69. The van der Waals surface area contributed by atoms with Crippen LogP contribution in [-0.2, 0) is 9.53 Å². The number of hydrogen-bond acceptors (Lipinski definition) is 3. The summed E-state index contributed by atoms with van der Waals surface area (Å²) >= 11 is 12.2. The van der Waals surface area contributed by atoms with Crippen LogP contribution in [0.2, 0.25) is 10.0 Å². The van der Waals surface area contributed by atoms with Crippen LogP contribution < -0.4 is 5.32 Å². The van der Waals surface area contributed by atoms with E-state index < -0.39 is 11.2 Å². The molecule has 1 saturated carbocycles. The van der Waals surface area contributed by atoms with Gasteiger partial charge in [0.05, 0.1) is 10.7 Å². The zero-order valence-electron chi connectivity index (χ0n) is 15.1. The molecule has 0 aromatic heterocycles. The van der Waals surface area contributed by atoms with Crippen LogP contribution in [0.5, 0.6) is 5.75 Å². The van der Waals surface area contributed by atoms with E-state index in [4.69, 9.17) is 27.9 Å². The summed E-state index contributed by atoms with van der Waals surface area (Å²) in [6, 6.07) is 1.53. The molecule has 3 rings (SSSR count). The summed E-state index contributed by atoms with van der Waals surface area (Å²) in [6.07, 6.45) is 3.60. The van der Waals surface area contributed by atoms with Gasteiger partial charge in [-0.3, -0.25) is 4.79 Å². The topological polar surface area (TPSA) is 61.9 Å². The highest BCUT2D eigenvalue weighted by Crippen LogP contribution is 2.62. The molecule has 1 aliphatic carbocycles. The number of epoxide rings is 1. The van der Waals surface area contributed by atoms with Crippen molar-refractivity contribution in [2.24, 2.45) is 11.8 Å². The van der Waals surface area contributed by atoms with Gasteiger partial charge in [0.15, 0.2) is 11.4 Å². The zero-order valence-corrected chi connectivity index (χ0v) is 16.6. The molecule has 4 nitrogen and oxygen atoms in total. The van der Waals surface area contributed by atoms with E-state index in [0.717, 1.165) is 19.3 Å². The van der Waals surface area contributed by atoms with E-state index in [-0.39, 0.29) is 22.4 Å². The molecule has 1 amide bonds. The molecular formula is C19H25Cl2NO3. The van der Waals surface area contributed by atoms with Crippen LogP contribution in [0.3, 0.4) is 0 Å². The Morgan fingerprint density at radius 1 is 1.44 bits per heavy atom. The number of rotatable bonds is 3. The molecule has 4 atom stereocenters. The quantitative estimate of drug-likeness (QED) is 0.546. The first-order valence-corrected chi connectivity index (χ1v) is 9.63. The molecule has 2 aliphatic rings. The second kappa shape index (κ2) is 6.33. The van der Waals surface area contributed by atoms with Crippen LogP contribution in [0.15, 0.2) is 6.07 Å². The minimum atomic E-state index is -0.844. The van der Waals surface area contributed by atoms with E-state index in [2.05, 4.69) is 19.2 Å². The second-order valence-corrected chi connectivity index (χ2v) is 8.39. The van der Waals surface area contributed by atoms with Crippen molar-refractivity contribution < 1.29 is 14.6 Å². The third kappa shape index (κ3) is 2.73. The Labute approximate surface area is 158 Å². The van der Waals surface area contributed by atoms with Gasteiger partial charge in [-0.1, -0.05) is 44.0 Å². The maximum Gasteiger partial charge on any atom is 0.259 e. The minimum absolute atomic E-state index is 0.152. The average molecular weight is 386 g/mol. The Balaban J connectivity index is 1.87. The maximum absolute atomic E-state index is 13.1. The van der Waals surface area contributed by atoms with Crippen LogP contribution in [0.4, 0.5) is 5.69 Å². The van der Waals surface area contributed by atoms with Crippen molar-refractivity contribution >= 4 is 34.8 Å². The summed E-state index contributed by atoms with van der Waals surface area (Å²) in [5, 5.41) is 13.6. The number of phenols is 1. The van der Waals surface area contributed by atoms with Crippen LogP contribution >= 0.6 is 23.2 Å². The van der Waals surface area contributed by atoms with E-state index in [0.29, 0.717) is 28.8 Å². The van der Waals surface area contributed by atoms with Crippen LogP contribution in [-0.4, -0.2) is 22.2 Å². The Bertz CT molecular complexity index is 723. The molecule has 1 saturated heterocycles. The highest BCUT2D eigenvalue weighted by molar-refractivity contribution is 6.37. The zero-order chi connectivity index (χ0) is 18.6. The van der Waals surface area contributed by atoms with E-state index in [1.807, 2.05) is 6.92 Å².